The van der Waals surface area contributed by atoms with E-state index in [-0.39, 0.29) is 0 Å². The zero-order valence-corrected chi connectivity index (χ0v) is 17.7. The number of ether oxygens (including phenoxy) is 1. The van der Waals surface area contributed by atoms with Crippen molar-refractivity contribution in [1.82, 2.24) is 19.7 Å². The van der Waals surface area contributed by atoms with Gasteiger partial charge in [0.15, 0.2) is 5.82 Å². The Hall–Kier alpha value is -2.50. The lowest BCUT2D eigenvalue weighted by Gasteiger charge is -2.40. The molecule has 2 aliphatic rings. The van der Waals surface area contributed by atoms with Crippen molar-refractivity contribution in [1.29, 1.82) is 0 Å². The summed E-state index contributed by atoms with van der Waals surface area (Å²) < 4.78 is 8.34. The fourth-order valence-electron chi connectivity index (χ4n) is 5.33. The van der Waals surface area contributed by atoms with Gasteiger partial charge in [0.1, 0.15) is 12.4 Å². The summed E-state index contributed by atoms with van der Waals surface area (Å²) in [7, 11) is 0. The predicted octanol–water partition coefficient (Wildman–Crippen LogP) is 4.67. The molecule has 5 heteroatoms. The van der Waals surface area contributed by atoms with E-state index in [2.05, 4.69) is 69.1 Å². The summed E-state index contributed by atoms with van der Waals surface area (Å²) in [5, 5.41) is 8.85. The third-order valence-corrected chi connectivity index (χ3v) is 6.71. The average molecular weight is 403 g/mol. The minimum atomic E-state index is 0.472. The summed E-state index contributed by atoms with van der Waals surface area (Å²) >= 11 is 0. The van der Waals surface area contributed by atoms with Crippen LogP contribution in [-0.4, -0.2) is 31.7 Å². The number of aryl methyl sites for hydroxylation is 1. The first-order valence-corrected chi connectivity index (χ1v) is 11.1. The van der Waals surface area contributed by atoms with Gasteiger partial charge >= 0.3 is 0 Å². The van der Waals surface area contributed by atoms with E-state index in [9.17, 15) is 0 Å². The Bertz CT molecular complexity index is 942. The first-order chi connectivity index (χ1) is 14.8. The second-order valence-electron chi connectivity index (χ2n) is 8.68. The molecule has 30 heavy (non-hydrogen) atoms. The fraction of sp³-hybridized carbons (Fsp3) is 0.440. The van der Waals surface area contributed by atoms with Gasteiger partial charge in [-0.05, 0) is 43.7 Å². The summed E-state index contributed by atoms with van der Waals surface area (Å²) in [5.41, 5.74) is 2.61. The molecule has 0 unspecified atom stereocenters. The van der Waals surface area contributed by atoms with Crippen molar-refractivity contribution in [3.63, 3.8) is 0 Å². The summed E-state index contributed by atoms with van der Waals surface area (Å²) in [5.74, 6) is 1.97. The Balaban J connectivity index is 1.25. The number of rotatable bonds is 7. The molecule has 3 atom stereocenters. The third-order valence-electron chi connectivity index (χ3n) is 6.71. The lowest BCUT2D eigenvalue weighted by atomic mass is 9.96. The Kier molecular flexibility index (Phi) is 5.65. The van der Waals surface area contributed by atoms with E-state index < -0.39 is 0 Å². The molecule has 0 radical (unpaired) electrons. The van der Waals surface area contributed by atoms with Crippen LogP contribution in [0.1, 0.15) is 54.5 Å². The van der Waals surface area contributed by atoms with Crippen LogP contribution in [-0.2, 0) is 24.5 Å². The predicted molar refractivity (Wildman–Crippen MR) is 117 cm³/mol. The van der Waals surface area contributed by atoms with Crippen molar-refractivity contribution in [2.75, 3.05) is 0 Å². The van der Waals surface area contributed by atoms with Gasteiger partial charge in [0, 0.05) is 24.7 Å². The van der Waals surface area contributed by atoms with Crippen molar-refractivity contribution in [3.8, 4) is 0 Å². The van der Waals surface area contributed by atoms with Gasteiger partial charge in [0.25, 0.3) is 0 Å². The van der Waals surface area contributed by atoms with Crippen molar-refractivity contribution in [3.05, 3.63) is 83.4 Å². The van der Waals surface area contributed by atoms with Gasteiger partial charge in [-0.15, -0.1) is 10.2 Å². The van der Waals surface area contributed by atoms with Crippen LogP contribution in [0.4, 0.5) is 0 Å². The molecule has 1 aromatic heterocycles. The Morgan fingerprint density at radius 3 is 2.10 bits per heavy atom. The highest BCUT2D eigenvalue weighted by molar-refractivity contribution is 5.16. The molecule has 0 N–H and O–H groups in total. The Labute approximate surface area is 178 Å². The van der Waals surface area contributed by atoms with E-state index in [1.54, 1.807) is 0 Å². The molecule has 2 saturated heterocycles. The molecule has 0 saturated carbocycles. The van der Waals surface area contributed by atoms with Gasteiger partial charge in [-0.1, -0.05) is 60.7 Å². The van der Waals surface area contributed by atoms with Crippen LogP contribution in [0.5, 0.6) is 0 Å². The molecular weight excluding hydrogens is 372 g/mol. The second kappa shape index (κ2) is 8.70. The minimum Gasteiger partial charge on any atom is -0.369 e. The van der Waals surface area contributed by atoms with Gasteiger partial charge in [-0.3, -0.25) is 4.90 Å². The highest BCUT2D eigenvalue weighted by Crippen LogP contribution is 2.42. The van der Waals surface area contributed by atoms with Crippen molar-refractivity contribution in [2.24, 2.45) is 0 Å². The average Bonchev–Trinajstić information content (AvgIpc) is 3.24. The quantitative estimate of drug-likeness (QED) is 0.576. The molecule has 2 aromatic carbocycles. The van der Waals surface area contributed by atoms with Crippen LogP contribution in [0, 0.1) is 6.92 Å². The number of aromatic nitrogens is 3. The highest BCUT2D eigenvalue weighted by atomic mass is 16.5. The second-order valence-corrected chi connectivity index (χ2v) is 8.68. The number of piperidine rings is 1. The zero-order chi connectivity index (χ0) is 20.3. The summed E-state index contributed by atoms with van der Waals surface area (Å²) in [4.78, 5) is 2.73. The molecular formula is C25H30N4O. The standard InChI is InChI=1S/C25H30N4O/c1-19-26-27-25(18-30-17-21-10-6-3-7-11-21)29(19)24-14-22-12-13-23(15-24)28(22)16-20-8-4-2-5-9-20/h2-11,22-24H,12-18H2,1H3/t22-,23+,24-. The molecule has 2 fully saturated rings. The summed E-state index contributed by atoms with van der Waals surface area (Å²) in [6.07, 6.45) is 4.95. The molecule has 156 valence electrons. The number of benzene rings is 2. The molecule has 0 aliphatic carbocycles. The lowest BCUT2D eigenvalue weighted by molar-refractivity contribution is 0.0813. The number of hydrogen-bond acceptors (Lipinski definition) is 4. The summed E-state index contributed by atoms with van der Waals surface area (Å²) in [6.45, 7) is 4.26. The van der Waals surface area contributed by atoms with Gasteiger partial charge in [0.05, 0.1) is 6.61 Å². The smallest absolute Gasteiger partial charge is 0.159 e. The molecule has 5 nitrogen and oxygen atoms in total. The van der Waals surface area contributed by atoms with Crippen LogP contribution >= 0.6 is 0 Å². The maximum Gasteiger partial charge on any atom is 0.159 e. The Morgan fingerprint density at radius 1 is 0.800 bits per heavy atom. The van der Waals surface area contributed by atoms with Crippen LogP contribution < -0.4 is 0 Å². The minimum absolute atomic E-state index is 0.472. The monoisotopic (exact) mass is 402 g/mol. The Morgan fingerprint density at radius 2 is 1.43 bits per heavy atom. The van der Waals surface area contributed by atoms with Crippen molar-refractivity contribution >= 4 is 0 Å². The van der Waals surface area contributed by atoms with Crippen LogP contribution in [0.2, 0.25) is 0 Å². The number of hydrogen-bond donors (Lipinski definition) is 0. The van der Waals surface area contributed by atoms with E-state index in [0.29, 0.717) is 31.3 Å². The lowest BCUT2D eigenvalue weighted by Crippen LogP contribution is -2.43. The van der Waals surface area contributed by atoms with Crippen molar-refractivity contribution < 1.29 is 4.74 Å². The van der Waals surface area contributed by atoms with Gasteiger partial charge in [-0.25, -0.2) is 0 Å². The van der Waals surface area contributed by atoms with Gasteiger partial charge < -0.3 is 9.30 Å². The SMILES string of the molecule is Cc1nnc(COCc2ccccc2)n1[C@@H]1C[C@H]2CC[C@@H](C1)N2Cc1ccccc1. The van der Waals surface area contributed by atoms with Gasteiger partial charge in [-0.2, -0.15) is 0 Å². The zero-order valence-electron chi connectivity index (χ0n) is 17.7. The number of fused-ring (bicyclic) bond motifs is 2. The van der Waals surface area contributed by atoms with E-state index in [1.807, 2.05) is 18.2 Å². The molecule has 5 rings (SSSR count). The maximum absolute atomic E-state index is 5.99. The van der Waals surface area contributed by atoms with E-state index >= 15 is 0 Å². The largest absolute Gasteiger partial charge is 0.369 e. The molecule has 2 bridgehead atoms. The molecule has 2 aliphatic heterocycles. The van der Waals surface area contributed by atoms with E-state index in [0.717, 1.165) is 18.2 Å². The number of nitrogens with zero attached hydrogens (tertiary/aromatic N) is 4. The topological polar surface area (TPSA) is 43.2 Å². The van der Waals surface area contributed by atoms with E-state index in [1.165, 1.54) is 36.8 Å². The highest BCUT2D eigenvalue weighted by Gasteiger charge is 2.41. The van der Waals surface area contributed by atoms with Crippen molar-refractivity contribution in [2.45, 2.75) is 70.5 Å². The van der Waals surface area contributed by atoms with E-state index in [4.69, 9.17) is 4.74 Å². The van der Waals surface area contributed by atoms with Gasteiger partial charge in [0.2, 0.25) is 0 Å². The maximum atomic E-state index is 5.99. The molecule has 0 amide bonds. The molecule has 3 aromatic rings. The fourth-order valence-corrected chi connectivity index (χ4v) is 5.33. The first kappa shape index (κ1) is 19.5. The molecule has 0 spiro atoms. The normalized spacial score (nSPS) is 23.7. The third kappa shape index (κ3) is 4.05. The van der Waals surface area contributed by atoms with Crippen LogP contribution in [0.25, 0.3) is 0 Å². The van der Waals surface area contributed by atoms with Crippen LogP contribution in [0.3, 0.4) is 0 Å². The first-order valence-electron chi connectivity index (χ1n) is 11.1. The summed E-state index contributed by atoms with van der Waals surface area (Å²) in [6, 6.07) is 23.0. The van der Waals surface area contributed by atoms with Crippen LogP contribution in [0.15, 0.2) is 60.7 Å². The molecule has 3 heterocycles.